The van der Waals surface area contributed by atoms with E-state index in [1.54, 1.807) is 24.3 Å². The number of aromatic hydroxyl groups is 1. The molecule has 0 aliphatic rings. The summed E-state index contributed by atoms with van der Waals surface area (Å²) in [5.74, 6) is 0.322. The molecule has 1 heteroatoms. The van der Waals surface area contributed by atoms with Crippen LogP contribution in [0.2, 0.25) is 0 Å². The number of rotatable bonds is 1. The van der Waals surface area contributed by atoms with Gasteiger partial charge >= 0.3 is 0 Å². The van der Waals surface area contributed by atoms with Crippen LogP contribution in [0, 0.1) is 6.92 Å². The molecule has 1 nitrogen and oxygen atoms in total. The van der Waals surface area contributed by atoms with Crippen LogP contribution in [0.5, 0.6) is 5.75 Å². The van der Waals surface area contributed by atoms with Gasteiger partial charge in [-0.05, 0) is 30.2 Å². The molecule has 0 aliphatic carbocycles. The smallest absolute Gasteiger partial charge is 0.115 e. The zero-order valence-electron chi connectivity index (χ0n) is 11.5. The Morgan fingerprint density at radius 1 is 0.600 bits per heavy atom. The Hall–Kier alpha value is -2.54. The molecule has 0 radical (unpaired) electrons. The summed E-state index contributed by atoms with van der Waals surface area (Å²) in [5.41, 5.74) is 3.88. The Kier molecular flexibility index (Phi) is 4.96. The lowest BCUT2D eigenvalue weighted by atomic mass is 10.0. The third-order valence-electron chi connectivity index (χ3n) is 2.88. The van der Waals surface area contributed by atoms with Gasteiger partial charge in [0.15, 0.2) is 0 Å². The Labute approximate surface area is 120 Å². The van der Waals surface area contributed by atoms with E-state index < -0.39 is 0 Å². The lowest BCUT2D eigenvalue weighted by molar-refractivity contribution is 0.475. The van der Waals surface area contributed by atoms with Crippen molar-refractivity contribution in [2.45, 2.75) is 6.92 Å². The lowest BCUT2D eigenvalue weighted by Gasteiger charge is -2.01. The highest BCUT2D eigenvalue weighted by atomic mass is 16.3. The van der Waals surface area contributed by atoms with Gasteiger partial charge in [-0.2, -0.15) is 0 Å². The summed E-state index contributed by atoms with van der Waals surface area (Å²) in [7, 11) is 0. The zero-order chi connectivity index (χ0) is 14.2. The molecule has 0 bridgehead atoms. The number of hydrogen-bond acceptors (Lipinski definition) is 1. The van der Waals surface area contributed by atoms with E-state index in [2.05, 4.69) is 55.5 Å². The topological polar surface area (TPSA) is 20.2 Å². The second kappa shape index (κ2) is 7.15. The third kappa shape index (κ3) is 4.29. The van der Waals surface area contributed by atoms with Crippen molar-refractivity contribution < 1.29 is 5.11 Å². The molecule has 20 heavy (non-hydrogen) atoms. The maximum Gasteiger partial charge on any atom is 0.115 e. The van der Waals surface area contributed by atoms with E-state index in [4.69, 9.17) is 5.11 Å². The molecule has 1 N–H and O–H groups in total. The molecule has 0 atom stereocenters. The molecule has 0 aromatic heterocycles. The molecular formula is C19H18O. The predicted molar refractivity (Wildman–Crippen MR) is 84.7 cm³/mol. The highest BCUT2D eigenvalue weighted by Gasteiger charge is 1.94. The lowest BCUT2D eigenvalue weighted by Crippen LogP contribution is -1.77. The molecule has 3 aromatic rings. The zero-order valence-corrected chi connectivity index (χ0v) is 11.5. The minimum Gasteiger partial charge on any atom is -0.508 e. The van der Waals surface area contributed by atoms with Crippen LogP contribution in [0.3, 0.4) is 0 Å². The van der Waals surface area contributed by atoms with Crippen molar-refractivity contribution >= 4 is 0 Å². The SMILES string of the molecule is Cc1cccc(-c2ccccc2)c1.Oc1ccccc1. The van der Waals surface area contributed by atoms with E-state index in [9.17, 15) is 0 Å². The van der Waals surface area contributed by atoms with Crippen molar-refractivity contribution in [3.05, 3.63) is 90.5 Å². The van der Waals surface area contributed by atoms with Gasteiger partial charge in [-0.3, -0.25) is 0 Å². The van der Waals surface area contributed by atoms with Crippen LogP contribution >= 0.6 is 0 Å². The van der Waals surface area contributed by atoms with E-state index >= 15 is 0 Å². The summed E-state index contributed by atoms with van der Waals surface area (Å²) in [6, 6.07) is 27.7. The highest BCUT2D eigenvalue weighted by molar-refractivity contribution is 5.63. The monoisotopic (exact) mass is 262 g/mol. The second-order valence-electron chi connectivity index (χ2n) is 4.57. The Bertz CT molecular complexity index is 630. The molecule has 0 heterocycles. The normalized spacial score (nSPS) is 9.45. The number of para-hydroxylation sites is 1. The molecule has 0 aliphatic heterocycles. The van der Waals surface area contributed by atoms with Gasteiger partial charge < -0.3 is 5.11 Å². The quantitative estimate of drug-likeness (QED) is 0.650. The predicted octanol–water partition coefficient (Wildman–Crippen LogP) is 5.05. The third-order valence-corrected chi connectivity index (χ3v) is 2.88. The van der Waals surface area contributed by atoms with Crippen molar-refractivity contribution in [2.75, 3.05) is 0 Å². The van der Waals surface area contributed by atoms with Gasteiger partial charge in [-0.25, -0.2) is 0 Å². The summed E-state index contributed by atoms with van der Waals surface area (Å²) >= 11 is 0. The number of phenols is 1. The first-order valence-electron chi connectivity index (χ1n) is 6.62. The first-order chi connectivity index (χ1) is 9.75. The van der Waals surface area contributed by atoms with Crippen LogP contribution in [0.4, 0.5) is 0 Å². The average Bonchev–Trinajstić information content (AvgIpc) is 2.50. The molecule has 0 amide bonds. The van der Waals surface area contributed by atoms with Crippen molar-refractivity contribution in [2.24, 2.45) is 0 Å². The van der Waals surface area contributed by atoms with Crippen LogP contribution in [0.15, 0.2) is 84.9 Å². The molecule has 3 aromatic carbocycles. The van der Waals surface area contributed by atoms with Gasteiger partial charge in [0, 0.05) is 0 Å². The molecule has 0 saturated carbocycles. The number of aryl methyl sites for hydroxylation is 1. The Balaban J connectivity index is 0.000000178. The van der Waals surface area contributed by atoms with Crippen molar-refractivity contribution in [1.82, 2.24) is 0 Å². The van der Waals surface area contributed by atoms with Crippen LogP contribution in [0.1, 0.15) is 5.56 Å². The summed E-state index contributed by atoms with van der Waals surface area (Å²) in [4.78, 5) is 0. The number of phenolic OH excluding ortho intramolecular Hbond substituents is 1. The van der Waals surface area contributed by atoms with Crippen LogP contribution in [-0.2, 0) is 0 Å². The van der Waals surface area contributed by atoms with Gasteiger partial charge in [-0.1, -0.05) is 78.4 Å². The van der Waals surface area contributed by atoms with Crippen LogP contribution in [-0.4, -0.2) is 5.11 Å². The van der Waals surface area contributed by atoms with Crippen LogP contribution in [0.25, 0.3) is 11.1 Å². The van der Waals surface area contributed by atoms with E-state index in [1.807, 2.05) is 12.1 Å². The van der Waals surface area contributed by atoms with Gasteiger partial charge in [0.05, 0.1) is 0 Å². The fraction of sp³-hybridized carbons (Fsp3) is 0.0526. The summed E-state index contributed by atoms with van der Waals surface area (Å²) in [6.07, 6.45) is 0. The van der Waals surface area contributed by atoms with Crippen molar-refractivity contribution in [1.29, 1.82) is 0 Å². The minimum absolute atomic E-state index is 0.322. The molecule has 3 rings (SSSR count). The summed E-state index contributed by atoms with van der Waals surface area (Å²) in [6.45, 7) is 2.12. The van der Waals surface area contributed by atoms with Crippen LogP contribution < -0.4 is 0 Å². The standard InChI is InChI=1S/C13H12.C6H6O/c1-11-6-5-9-13(10-11)12-7-3-2-4-8-12;7-6-4-2-1-3-5-6/h2-10H,1H3;1-5,7H. The molecule has 0 saturated heterocycles. The Morgan fingerprint density at radius 3 is 1.65 bits per heavy atom. The molecule has 0 unspecified atom stereocenters. The maximum absolute atomic E-state index is 8.63. The van der Waals surface area contributed by atoms with Gasteiger partial charge in [0.1, 0.15) is 5.75 Å². The van der Waals surface area contributed by atoms with E-state index in [-0.39, 0.29) is 0 Å². The number of hydrogen-bond donors (Lipinski definition) is 1. The first-order valence-corrected chi connectivity index (χ1v) is 6.62. The summed E-state index contributed by atoms with van der Waals surface area (Å²) < 4.78 is 0. The second-order valence-corrected chi connectivity index (χ2v) is 4.57. The van der Waals surface area contributed by atoms with E-state index in [0.29, 0.717) is 5.75 Å². The Morgan fingerprint density at radius 2 is 1.15 bits per heavy atom. The van der Waals surface area contributed by atoms with Gasteiger partial charge in [0.25, 0.3) is 0 Å². The highest BCUT2D eigenvalue weighted by Crippen LogP contribution is 2.19. The molecule has 0 spiro atoms. The van der Waals surface area contributed by atoms with E-state index in [0.717, 1.165) is 0 Å². The van der Waals surface area contributed by atoms with Gasteiger partial charge in [0.2, 0.25) is 0 Å². The fourth-order valence-corrected chi connectivity index (χ4v) is 1.88. The average molecular weight is 262 g/mol. The molecular weight excluding hydrogens is 244 g/mol. The minimum atomic E-state index is 0.322. The largest absolute Gasteiger partial charge is 0.508 e. The fourth-order valence-electron chi connectivity index (χ4n) is 1.88. The molecule has 100 valence electrons. The van der Waals surface area contributed by atoms with E-state index in [1.165, 1.54) is 16.7 Å². The molecule has 0 fully saturated rings. The van der Waals surface area contributed by atoms with Crippen molar-refractivity contribution in [3.8, 4) is 16.9 Å². The summed E-state index contributed by atoms with van der Waals surface area (Å²) in [5, 5.41) is 8.63. The van der Waals surface area contributed by atoms with Crippen molar-refractivity contribution in [3.63, 3.8) is 0 Å². The number of benzene rings is 3. The van der Waals surface area contributed by atoms with Gasteiger partial charge in [-0.15, -0.1) is 0 Å². The first kappa shape index (κ1) is 13.9. The maximum atomic E-state index is 8.63.